The smallest absolute Gasteiger partial charge is 0.320 e. The molecule has 2 saturated heterocycles. The summed E-state index contributed by atoms with van der Waals surface area (Å²) in [5.74, 6) is -0.435. The molecule has 172 valence electrons. The Kier molecular flexibility index (Phi) is 5.40. The van der Waals surface area contributed by atoms with E-state index in [1.807, 2.05) is 0 Å². The number of rotatable bonds is 2. The second kappa shape index (κ2) is 7.95. The van der Waals surface area contributed by atoms with Crippen molar-refractivity contribution in [3.05, 3.63) is 59.4 Å². The van der Waals surface area contributed by atoms with Crippen LogP contribution in [0.3, 0.4) is 0 Å². The van der Waals surface area contributed by atoms with Gasteiger partial charge in [0.05, 0.1) is 29.3 Å². The molecule has 2 aliphatic rings. The minimum absolute atomic E-state index is 0.0317. The Morgan fingerprint density at radius 1 is 1.12 bits per heavy atom. The fourth-order valence-corrected chi connectivity index (χ4v) is 4.23. The first-order valence-corrected chi connectivity index (χ1v) is 10.0. The zero-order chi connectivity index (χ0) is 24.0. The molecule has 0 aliphatic carbocycles. The Morgan fingerprint density at radius 2 is 1.82 bits per heavy atom. The van der Waals surface area contributed by atoms with E-state index in [2.05, 4.69) is 5.32 Å². The third-order valence-corrected chi connectivity index (χ3v) is 5.86. The van der Waals surface area contributed by atoms with Gasteiger partial charge in [-0.2, -0.15) is 18.4 Å². The number of urea groups is 2. The van der Waals surface area contributed by atoms with Crippen LogP contribution in [0, 0.1) is 17.1 Å². The first kappa shape index (κ1) is 22.4. The highest BCUT2D eigenvalue weighted by Gasteiger charge is 2.51. The molecule has 2 fully saturated rings. The van der Waals surface area contributed by atoms with Crippen LogP contribution >= 0.6 is 0 Å². The number of nitrogens with zero attached hydrogens (tertiary/aromatic N) is 4. The van der Waals surface area contributed by atoms with Crippen LogP contribution in [-0.2, 0) is 6.18 Å². The summed E-state index contributed by atoms with van der Waals surface area (Å²) in [7, 11) is 0. The summed E-state index contributed by atoms with van der Waals surface area (Å²) in [6.45, 7) is 2.41. The Balaban J connectivity index is 1.54. The number of hydrogen-bond acceptors (Lipinski definition) is 3. The van der Waals surface area contributed by atoms with Gasteiger partial charge < -0.3 is 15.1 Å². The van der Waals surface area contributed by atoms with Crippen LogP contribution in [0.5, 0.6) is 0 Å². The van der Waals surface area contributed by atoms with E-state index in [0.717, 1.165) is 12.1 Å². The summed E-state index contributed by atoms with van der Waals surface area (Å²) in [4.78, 5) is 30.0. The zero-order valence-electron chi connectivity index (χ0n) is 17.5. The number of halogens is 4. The van der Waals surface area contributed by atoms with E-state index in [1.54, 1.807) is 11.8 Å². The second-order valence-electron chi connectivity index (χ2n) is 8.22. The summed E-state index contributed by atoms with van der Waals surface area (Å²) in [6, 6.07) is 9.09. The fourth-order valence-electron chi connectivity index (χ4n) is 4.23. The van der Waals surface area contributed by atoms with E-state index in [4.69, 9.17) is 5.26 Å². The monoisotopic (exact) mass is 461 g/mol. The lowest BCUT2D eigenvalue weighted by Gasteiger charge is -2.43. The van der Waals surface area contributed by atoms with Gasteiger partial charge >= 0.3 is 18.2 Å². The summed E-state index contributed by atoms with van der Waals surface area (Å²) in [6.07, 6.45) is -4.74. The summed E-state index contributed by atoms with van der Waals surface area (Å²) in [5.41, 5.74) is -2.02. The largest absolute Gasteiger partial charge is 0.417 e. The predicted octanol–water partition coefficient (Wildman–Crippen LogP) is 4.26. The fraction of sp³-hybridized carbons (Fsp3) is 0.318. The Bertz CT molecular complexity index is 1140. The van der Waals surface area contributed by atoms with Crippen LogP contribution in [0.25, 0.3) is 0 Å². The van der Waals surface area contributed by atoms with Crippen LogP contribution in [0.1, 0.15) is 18.1 Å². The SMILES string of the molecule is C[C@@]12CN(C(=O)Nc3ccc(F)cc3)CCN1C(=O)N(c1ccc(C#N)c(C(F)(F)F)c1)C2. The first-order chi connectivity index (χ1) is 15.5. The Labute approximate surface area is 186 Å². The molecular weight excluding hydrogens is 442 g/mol. The third-order valence-electron chi connectivity index (χ3n) is 5.86. The molecule has 2 aromatic carbocycles. The molecule has 7 nitrogen and oxygen atoms in total. The molecule has 2 aromatic rings. The normalized spacial score (nSPS) is 20.5. The summed E-state index contributed by atoms with van der Waals surface area (Å²) >= 11 is 0. The molecule has 33 heavy (non-hydrogen) atoms. The van der Waals surface area contributed by atoms with Gasteiger partial charge in [-0.3, -0.25) is 4.90 Å². The number of nitrogens with one attached hydrogen (secondary N) is 1. The third kappa shape index (κ3) is 4.16. The number of carbonyl (C=O) groups is 2. The number of hydrogen-bond donors (Lipinski definition) is 1. The lowest BCUT2D eigenvalue weighted by atomic mass is 9.98. The molecule has 4 rings (SSSR count). The Morgan fingerprint density at radius 3 is 2.45 bits per heavy atom. The second-order valence-corrected chi connectivity index (χ2v) is 8.22. The highest BCUT2D eigenvalue weighted by molar-refractivity contribution is 5.96. The van der Waals surface area contributed by atoms with E-state index in [9.17, 15) is 27.2 Å². The highest BCUT2D eigenvalue weighted by atomic mass is 19.4. The highest BCUT2D eigenvalue weighted by Crippen LogP contribution is 2.38. The average Bonchev–Trinajstić information content (AvgIpc) is 3.04. The van der Waals surface area contributed by atoms with Crippen molar-refractivity contribution in [2.75, 3.05) is 36.4 Å². The van der Waals surface area contributed by atoms with Gasteiger partial charge in [-0.1, -0.05) is 0 Å². The zero-order valence-corrected chi connectivity index (χ0v) is 17.5. The molecule has 4 amide bonds. The summed E-state index contributed by atoms with van der Waals surface area (Å²) < 4.78 is 53.2. The van der Waals surface area contributed by atoms with Gasteiger partial charge in [0.25, 0.3) is 0 Å². The molecule has 11 heteroatoms. The lowest BCUT2D eigenvalue weighted by molar-refractivity contribution is -0.137. The standard InChI is InChI=1S/C22H19F4N5O2/c1-21-12-29(19(32)28-16-5-3-15(23)4-6-16)8-9-31(21)20(33)30(13-21)17-7-2-14(11-27)18(10-17)22(24,25)26/h2-7,10H,8-9,12-13H2,1H3,(H,28,32)/t21-/m0/s1. The number of fused-ring (bicyclic) bond motifs is 1. The molecule has 0 bridgehead atoms. The van der Waals surface area contributed by atoms with Crippen molar-refractivity contribution in [1.29, 1.82) is 5.26 Å². The van der Waals surface area contributed by atoms with E-state index < -0.39 is 40.7 Å². The number of benzene rings is 2. The molecule has 1 N–H and O–H groups in total. The van der Waals surface area contributed by atoms with Crippen LogP contribution < -0.4 is 10.2 Å². The molecule has 2 heterocycles. The maximum atomic E-state index is 13.4. The molecule has 1 atom stereocenters. The summed E-state index contributed by atoms with van der Waals surface area (Å²) in [5, 5.41) is 11.7. The molecule has 0 saturated carbocycles. The van der Waals surface area contributed by atoms with Gasteiger partial charge in [0.2, 0.25) is 0 Å². The van der Waals surface area contributed by atoms with Crippen molar-refractivity contribution in [3.63, 3.8) is 0 Å². The van der Waals surface area contributed by atoms with Crippen LogP contribution in [0.4, 0.5) is 38.5 Å². The van der Waals surface area contributed by atoms with E-state index in [0.29, 0.717) is 5.69 Å². The van der Waals surface area contributed by atoms with Crippen LogP contribution in [0.2, 0.25) is 0 Å². The predicted molar refractivity (Wildman–Crippen MR) is 111 cm³/mol. The maximum absolute atomic E-state index is 13.4. The van der Waals surface area contributed by atoms with Crippen LogP contribution in [-0.4, -0.2) is 53.6 Å². The number of alkyl halides is 3. The van der Waals surface area contributed by atoms with E-state index in [-0.39, 0.29) is 31.9 Å². The van der Waals surface area contributed by atoms with Crippen molar-refractivity contribution in [3.8, 4) is 6.07 Å². The average molecular weight is 461 g/mol. The molecule has 2 aliphatic heterocycles. The molecule has 0 aromatic heterocycles. The van der Waals surface area contributed by atoms with Crippen molar-refractivity contribution >= 4 is 23.4 Å². The first-order valence-electron chi connectivity index (χ1n) is 10.0. The minimum atomic E-state index is -4.74. The number of nitriles is 1. The van der Waals surface area contributed by atoms with Gasteiger partial charge in [-0.25, -0.2) is 14.0 Å². The minimum Gasteiger partial charge on any atom is -0.320 e. The molecule has 0 radical (unpaired) electrons. The van der Waals surface area contributed by atoms with Crippen molar-refractivity contribution in [1.82, 2.24) is 9.80 Å². The number of carbonyl (C=O) groups excluding carboxylic acids is 2. The number of piperazine rings is 1. The molecule has 0 unspecified atom stereocenters. The van der Waals surface area contributed by atoms with Crippen molar-refractivity contribution in [2.45, 2.75) is 18.6 Å². The van der Waals surface area contributed by atoms with Crippen LogP contribution in [0.15, 0.2) is 42.5 Å². The lowest BCUT2D eigenvalue weighted by Crippen LogP contribution is -2.61. The number of amides is 4. The number of anilines is 2. The van der Waals surface area contributed by atoms with E-state index >= 15 is 0 Å². The van der Waals surface area contributed by atoms with Gasteiger partial charge in [-0.15, -0.1) is 0 Å². The van der Waals surface area contributed by atoms with Gasteiger partial charge in [0.15, 0.2) is 0 Å². The maximum Gasteiger partial charge on any atom is 0.417 e. The quantitative estimate of drug-likeness (QED) is 0.679. The van der Waals surface area contributed by atoms with Gasteiger partial charge in [-0.05, 0) is 49.4 Å². The molecular formula is C22H19F4N5O2. The molecule has 0 spiro atoms. The van der Waals surface area contributed by atoms with Gasteiger partial charge in [0.1, 0.15) is 5.82 Å². The van der Waals surface area contributed by atoms with Crippen molar-refractivity contribution < 1.29 is 27.2 Å². The van der Waals surface area contributed by atoms with E-state index in [1.165, 1.54) is 46.2 Å². The van der Waals surface area contributed by atoms with Gasteiger partial charge in [0, 0.05) is 31.0 Å². The van der Waals surface area contributed by atoms with Crippen molar-refractivity contribution in [2.24, 2.45) is 0 Å². The topological polar surface area (TPSA) is 79.7 Å². The Hall–Kier alpha value is -3.81.